The second-order valence-corrected chi connectivity index (χ2v) is 9.72. The highest BCUT2D eigenvalue weighted by Crippen LogP contribution is 2.20. The molecule has 1 N–H and O–H groups in total. The van der Waals surface area contributed by atoms with Gasteiger partial charge in [0, 0.05) is 23.4 Å². The Morgan fingerprint density at radius 3 is 2.52 bits per heavy atom. The Labute approximate surface area is 194 Å². The summed E-state index contributed by atoms with van der Waals surface area (Å²) in [5, 5.41) is 3.79. The second kappa shape index (κ2) is 11.6. The van der Waals surface area contributed by atoms with Crippen LogP contribution in [0.25, 0.3) is 0 Å². The van der Waals surface area contributed by atoms with Crippen LogP contribution in [0, 0.1) is 6.92 Å². The quantitative estimate of drug-likeness (QED) is 0.550. The van der Waals surface area contributed by atoms with Crippen molar-refractivity contribution in [1.29, 1.82) is 0 Å². The van der Waals surface area contributed by atoms with Crippen LogP contribution in [-0.4, -0.2) is 34.6 Å². The molecule has 0 heterocycles. The van der Waals surface area contributed by atoms with Crippen LogP contribution in [0.2, 0.25) is 5.02 Å². The fraction of sp³-hybridized carbons (Fsp3) is 0.440. The van der Waals surface area contributed by atoms with Gasteiger partial charge in [0.05, 0.1) is 5.75 Å². The van der Waals surface area contributed by atoms with Crippen LogP contribution < -0.4 is 5.32 Å². The smallest absolute Gasteiger partial charge is 0.242 e. The number of carbonyl (C=O) groups is 2. The Balaban J connectivity index is 1.64. The van der Waals surface area contributed by atoms with Crippen molar-refractivity contribution in [3.05, 3.63) is 70.2 Å². The van der Waals surface area contributed by atoms with Crippen molar-refractivity contribution in [3.63, 3.8) is 0 Å². The number of rotatable bonds is 9. The first-order valence-corrected chi connectivity index (χ1v) is 12.4. The maximum atomic E-state index is 13.2. The molecule has 1 saturated carbocycles. The lowest BCUT2D eigenvalue weighted by Gasteiger charge is -2.29. The third-order valence-corrected chi connectivity index (χ3v) is 6.95. The van der Waals surface area contributed by atoms with Crippen molar-refractivity contribution in [3.8, 4) is 0 Å². The normalized spacial score (nSPS) is 14.9. The van der Waals surface area contributed by atoms with Crippen LogP contribution in [0.3, 0.4) is 0 Å². The minimum Gasteiger partial charge on any atom is -0.352 e. The molecular formula is C25H31ClN2O2S. The van der Waals surface area contributed by atoms with Crippen LogP contribution in [0.15, 0.2) is 48.5 Å². The lowest BCUT2D eigenvalue weighted by Crippen LogP contribution is -2.50. The summed E-state index contributed by atoms with van der Waals surface area (Å²) in [4.78, 5) is 27.7. The van der Waals surface area contributed by atoms with Crippen molar-refractivity contribution in [2.75, 3.05) is 5.75 Å². The number of halogens is 1. The number of hydrogen-bond donors (Lipinski definition) is 1. The Bertz CT molecular complexity index is 881. The molecule has 2 aromatic rings. The first-order valence-electron chi connectivity index (χ1n) is 10.9. The van der Waals surface area contributed by atoms with E-state index in [-0.39, 0.29) is 17.9 Å². The van der Waals surface area contributed by atoms with Gasteiger partial charge in [-0.05, 0) is 49.9 Å². The zero-order valence-corrected chi connectivity index (χ0v) is 19.8. The number of carbonyl (C=O) groups excluding carboxylic acids is 2. The van der Waals surface area contributed by atoms with Gasteiger partial charge in [-0.3, -0.25) is 9.59 Å². The van der Waals surface area contributed by atoms with Crippen LogP contribution in [0.4, 0.5) is 0 Å². The topological polar surface area (TPSA) is 49.4 Å². The van der Waals surface area contributed by atoms with E-state index >= 15 is 0 Å². The molecule has 1 atom stereocenters. The molecule has 0 saturated heterocycles. The summed E-state index contributed by atoms with van der Waals surface area (Å²) in [5.41, 5.74) is 3.38. The summed E-state index contributed by atoms with van der Waals surface area (Å²) in [5.74, 6) is 1.01. The number of hydrogen-bond acceptors (Lipinski definition) is 3. The van der Waals surface area contributed by atoms with Gasteiger partial charge in [-0.15, -0.1) is 11.8 Å². The molecule has 31 heavy (non-hydrogen) atoms. The second-order valence-electron chi connectivity index (χ2n) is 8.30. The van der Waals surface area contributed by atoms with Gasteiger partial charge in [0.2, 0.25) is 11.8 Å². The van der Waals surface area contributed by atoms with E-state index in [4.69, 9.17) is 11.6 Å². The minimum atomic E-state index is -0.525. The first-order chi connectivity index (χ1) is 14.9. The third kappa shape index (κ3) is 7.29. The summed E-state index contributed by atoms with van der Waals surface area (Å²) in [7, 11) is 0. The molecule has 1 aliphatic rings. The number of nitrogens with zero attached hydrogens (tertiary/aromatic N) is 1. The van der Waals surface area contributed by atoms with Gasteiger partial charge in [0.25, 0.3) is 0 Å². The van der Waals surface area contributed by atoms with Crippen molar-refractivity contribution >= 4 is 35.2 Å². The SMILES string of the molecule is Cc1cccc(CSCC(=O)N(Cc2ccc(Cl)cc2)C(C)C(=O)NC2CCCC2)c1. The Hall–Kier alpha value is -1.98. The lowest BCUT2D eigenvalue weighted by atomic mass is 10.1. The molecule has 3 rings (SSSR count). The van der Waals surface area contributed by atoms with Gasteiger partial charge < -0.3 is 10.2 Å². The van der Waals surface area contributed by atoms with Gasteiger partial charge in [-0.25, -0.2) is 0 Å². The average molecular weight is 459 g/mol. The number of benzene rings is 2. The van der Waals surface area contributed by atoms with Crippen molar-refractivity contribution in [2.45, 2.75) is 63.9 Å². The zero-order chi connectivity index (χ0) is 22.2. The predicted molar refractivity (Wildman–Crippen MR) is 129 cm³/mol. The molecule has 0 spiro atoms. The summed E-state index contributed by atoms with van der Waals surface area (Å²) in [6.45, 7) is 4.28. The molecule has 2 aromatic carbocycles. The van der Waals surface area contributed by atoms with Gasteiger partial charge in [0.1, 0.15) is 6.04 Å². The monoisotopic (exact) mass is 458 g/mol. The van der Waals surface area contributed by atoms with Crippen LogP contribution in [0.1, 0.15) is 49.3 Å². The molecule has 0 radical (unpaired) electrons. The van der Waals surface area contributed by atoms with Crippen molar-refractivity contribution < 1.29 is 9.59 Å². The molecule has 1 unspecified atom stereocenters. The van der Waals surface area contributed by atoms with E-state index in [9.17, 15) is 9.59 Å². The van der Waals surface area contributed by atoms with E-state index in [1.165, 1.54) is 11.1 Å². The van der Waals surface area contributed by atoms with Crippen molar-refractivity contribution in [1.82, 2.24) is 10.2 Å². The highest BCUT2D eigenvalue weighted by Gasteiger charge is 2.28. The molecule has 6 heteroatoms. The standard InChI is InChI=1S/C25H31ClN2O2S/c1-18-6-5-7-21(14-18)16-31-17-24(29)28(15-20-10-12-22(26)13-11-20)19(2)25(30)27-23-8-3-4-9-23/h5-7,10-14,19,23H,3-4,8-9,15-17H2,1-2H3,(H,27,30). The van der Waals surface area contributed by atoms with Crippen molar-refractivity contribution in [2.24, 2.45) is 0 Å². The first kappa shape index (κ1) is 23.7. The summed E-state index contributed by atoms with van der Waals surface area (Å²) >= 11 is 7.59. The average Bonchev–Trinajstić information content (AvgIpc) is 3.26. The number of amides is 2. The molecule has 0 aliphatic heterocycles. The Morgan fingerprint density at radius 2 is 1.84 bits per heavy atom. The van der Waals surface area contributed by atoms with Gasteiger partial charge >= 0.3 is 0 Å². The highest BCUT2D eigenvalue weighted by atomic mass is 35.5. The maximum absolute atomic E-state index is 13.2. The Morgan fingerprint density at radius 1 is 1.13 bits per heavy atom. The van der Waals surface area contributed by atoms with Gasteiger partial charge in [-0.1, -0.05) is 66.4 Å². The predicted octanol–water partition coefficient (Wildman–Crippen LogP) is 5.36. The number of thioether (sulfide) groups is 1. The molecule has 0 aromatic heterocycles. The number of aryl methyl sites for hydroxylation is 1. The molecule has 2 amide bonds. The summed E-state index contributed by atoms with van der Waals surface area (Å²) < 4.78 is 0. The Kier molecular flexibility index (Phi) is 8.85. The van der Waals surface area contributed by atoms with E-state index < -0.39 is 6.04 Å². The molecule has 1 fully saturated rings. The molecule has 1 aliphatic carbocycles. The fourth-order valence-corrected chi connectivity index (χ4v) is 4.89. The van der Waals surface area contributed by atoms with E-state index in [2.05, 4.69) is 30.4 Å². The zero-order valence-electron chi connectivity index (χ0n) is 18.3. The molecule has 0 bridgehead atoms. The molecule has 4 nitrogen and oxygen atoms in total. The van der Waals surface area contributed by atoms with Gasteiger partial charge in [-0.2, -0.15) is 0 Å². The molecular weight excluding hydrogens is 428 g/mol. The van der Waals surface area contributed by atoms with E-state index in [1.54, 1.807) is 16.7 Å². The summed E-state index contributed by atoms with van der Waals surface area (Å²) in [6, 6.07) is 15.5. The molecule has 166 valence electrons. The third-order valence-electron chi connectivity index (χ3n) is 5.71. The largest absolute Gasteiger partial charge is 0.352 e. The summed E-state index contributed by atoms with van der Waals surface area (Å²) in [6.07, 6.45) is 4.36. The van der Waals surface area contributed by atoms with E-state index in [0.29, 0.717) is 17.3 Å². The van der Waals surface area contributed by atoms with Gasteiger partial charge in [0.15, 0.2) is 0 Å². The van der Waals surface area contributed by atoms with Crippen LogP contribution >= 0.6 is 23.4 Å². The van der Waals surface area contributed by atoms with Crippen LogP contribution in [-0.2, 0) is 21.9 Å². The van der Waals surface area contributed by atoms with E-state index in [1.807, 2.05) is 37.3 Å². The highest BCUT2D eigenvalue weighted by molar-refractivity contribution is 7.99. The van der Waals surface area contributed by atoms with E-state index in [0.717, 1.165) is 37.0 Å². The lowest BCUT2D eigenvalue weighted by molar-refractivity contribution is -0.138. The maximum Gasteiger partial charge on any atom is 0.242 e. The minimum absolute atomic E-state index is 0.0262. The fourth-order valence-electron chi connectivity index (χ4n) is 3.90. The van der Waals surface area contributed by atoms with Crippen LogP contribution in [0.5, 0.6) is 0 Å². The number of nitrogens with one attached hydrogen (secondary N) is 1.